The predicted octanol–water partition coefficient (Wildman–Crippen LogP) is 4.54. The van der Waals surface area contributed by atoms with Gasteiger partial charge >= 0.3 is 12.2 Å². The molecule has 3 atom stereocenters. The molecule has 4 aliphatic heterocycles. The summed E-state index contributed by atoms with van der Waals surface area (Å²) in [4.78, 5) is 27.0. The fraction of sp³-hybridized carbons (Fsp3) is 0.562. The number of hydrogen-bond acceptors (Lipinski definition) is 9. The molecule has 2 aromatic heterocycles. The summed E-state index contributed by atoms with van der Waals surface area (Å²) in [6.45, 7) is 3.25. The average Bonchev–Trinajstić information content (AvgIpc) is 3.71. The summed E-state index contributed by atoms with van der Waals surface area (Å²) in [6.07, 6.45) is -2.71. The molecule has 1 aromatic carbocycles. The molecule has 2 saturated heterocycles. The monoisotopic (exact) mass is 678 g/mol. The number of ether oxygens (including phenoxy) is 2. The fourth-order valence-electron chi connectivity index (χ4n) is 6.94. The number of nitrogen functional groups attached to an aromatic ring is 1. The van der Waals surface area contributed by atoms with Crippen LogP contribution >= 0.6 is 0 Å². The third-order valence-corrected chi connectivity index (χ3v) is 9.28. The molecule has 2 fully saturated rings. The highest BCUT2D eigenvalue weighted by Crippen LogP contribution is 2.43. The molecule has 0 aliphatic carbocycles. The second kappa shape index (κ2) is 13.5. The summed E-state index contributed by atoms with van der Waals surface area (Å²) in [5, 5.41) is 4.45. The Balaban J connectivity index is 0.000000381. The number of aromatic nitrogens is 4. The van der Waals surface area contributed by atoms with E-state index in [0.29, 0.717) is 61.4 Å². The molecule has 6 heterocycles. The topological polar surface area (TPSA) is 115 Å². The maximum absolute atomic E-state index is 15.0. The van der Waals surface area contributed by atoms with Crippen molar-refractivity contribution in [1.82, 2.24) is 29.5 Å². The SMILES string of the molecule is COc1nc2c(c(N3CCCn4nc(C(=O)N(C)C)cc4C3)n1)COC(c1c(C(F)(F)F)ccc(N)c1F)C2.FC1CC2CCCN2C1. The molecule has 0 bridgehead atoms. The second-order valence-electron chi connectivity index (χ2n) is 12.7. The highest BCUT2D eigenvalue weighted by Gasteiger charge is 2.40. The van der Waals surface area contributed by atoms with Crippen molar-refractivity contribution in [3.8, 4) is 6.01 Å². The van der Waals surface area contributed by atoms with E-state index in [-0.39, 0.29) is 24.9 Å². The molecule has 3 unspecified atom stereocenters. The largest absolute Gasteiger partial charge is 0.467 e. The third kappa shape index (κ3) is 6.77. The van der Waals surface area contributed by atoms with E-state index in [1.54, 1.807) is 24.8 Å². The molecular weight excluding hydrogens is 639 g/mol. The van der Waals surface area contributed by atoms with E-state index in [4.69, 9.17) is 15.2 Å². The van der Waals surface area contributed by atoms with Gasteiger partial charge in [-0.1, -0.05) is 0 Å². The number of methoxy groups -OCH3 is 1. The minimum atomic E-state index is -4.80. The summed E-state index contributed by atoms with van der Waals surface area (Å²) in [7, 11) is 4.69. The molecule has 3 aromatic rings. The number of rotatable bonds is 4. The van der Waals surface area contributed by atoms with Crippen LogP contribution in [-0.2, 0) is 37.0 Å². The number of benzene rings is 1. The second-order valence-corrected chi connectivity index (χ2v) is 12.7. The number of carbonyl (C=O) groups is 1. The quantitative estimate of drug-likeness (QED) is 0.314. The molecule has 48 heavy (non-hydrogen) atoms. The predicted molar refractivity (Wildman–Crippen MR) is 166 cm³/mol. The highest BCUT2D eigenvalue weighted by atomic mass is 19.4. The Labute approximate surface area is 274 Å². The number of nitrogens with two attached hydrogens (primary N) is 1. The summed E-state index contributed by atoms with van der Waals surface area (Å²) < 4.78 is 81.7. The van der Waals surface area contributed by atoms with E-state index in [1.165, 1.54) is 24.9 Å². The molecule has 11 nitrogen and oxygen atoms in total. The lowest BCUT2D eigenvalue weighted by Crippen LogP contribution is -2.29. The van der Waals surface area contributed by atoms with E-state index in [2.05, 4.69) is 20.0 Å². The van der Waals surface area contributed by atoms with Crippen LogP contribution in [0.3, 0.4) is 0 Å². The number of aryl methyl sites for hydroxylation is 1. The summed E-state index contributed by atoms with van der Waals surface area (Å²) in [6, 6.07) is 4.02. The average molecular weight is 679 g/mol. The molecule has 7 rings (SSSR count). The van der Waals surface area contributed by atoms with Crippen LogP contribution in [0.5, 0.6) is 6.01 Å². The fourth-order valence-corrected chi connectivity index (χ4v) is 6.94. The van der Waals surface area contributed by atoms with Crippen molar-refractivity contribution in [2.75, 3.05) is 51.5 Å². The molecule has 16 heteroatoms. The van der Waals surface area contributed by atoms with Crippen molar-refractivity contribution in [3.63, 3.8) is 0 Å². The number of anilines is 2. The zero-order chi connectivity index (χ0) is 34.3. The lowest BCUT2D eigenvalue weighted by molar-refractivity contribution is -0.140. The van der Waals surface area contributed by atoms with Crippen LogP contribution in [0.4, 0.5) is 33.5 Å². The molecular formula is C32H39F5N8O3. The van der Waals surface area contributed by atoms with E-state index in [9.17, 15) is 26.7 Å². The molecule has 0 saturated carbocycles. The minimum absolute atomic E-state index is 0.0229. The van der Waals surface area contributed by atoms with Gasteiger partial charge in [0.1, 0.15) is 12.0 Å². The van der Waals surface area contributed by atoms with Gasteiger partial charge < -0.3 is 25.0 Å². The smallest absolute Gasteiger partial charge is 0.416 e. The maximum Gasteiger partial charge on any atom is 0.416 e. The third-order valence-electron chi connectivity index (χ3n) is 9.28. The molecule has 2 N–H and O–H groups in total. The minimum Gasteiger partial charge on any atom is -0.467 e. The number of nitrogens with zero attached hydrogens (tertiary/aromatic N) is 7. The van der Waals surface area contributed by atoms with Gasteiger partial charge in [0, 0.05) is 57.3 Å². The van der Waals surface area contributed by atoms with Crippen LogP contribution < -0.4 is 15.4 Å². The van der Waals surface area contributed by atoms with Gasteiger partial charge in [-0.05, 0) is 50.4 Å². The number of hydrogen-bond donors (Lipinski definition) is 1. The number of amides is 1. The van der Waals surface area contributed by atoms with Crippen LogP contribution in [0, 0.1) is 5.82 Å². The first-order valence-corrected chi connectivity index (χ1v) is 16.0. The zero-order valence-electron chi connectivity index (χ0n) is 27.1. The van der Waals surface area contributed by atoms with Gasteiger partial charge in [0.05, 0.1) is 49.0 Å². The first-order valence-electron chi connectivity index (χ1n) is 16.0. The number of fused-ring (bicyclic) bond motifs is 3. The van der Waals surface area contributed by atoms with Crippen LogP contribution in [0.25, 0.3) is 0 Å². The van der Waals surface area contributed by atoms with Gasteiger partial charge in [-0.15, -0.1) is 0 Å². The van der Waals surface area contributed by atoms with Gasteiger partial charge in [0.2, 0.25) is 0 Å². The van der Waals surface area contributed by atoms with Gasteiger partial charge in [0.25, 0.3) is 5.91 Å². The standard InChI is InChI=1S/C25H27F4N7O3.C7H12FN/c1-34(2)23(37)18-9-13-11-35(7-4-8-36(13)33-18)22-14-12-39-19(10-17(14)31-24(32-22)38-3)20-15(25(27,28)29)5-6-16(30)21(20)26;8-6-4-7-2-1-3-9(7)5-6/h5-6,9,19H,4,7-8,10-12,30H2,1-3H3;6-7H,1-5H2. The van der Waals surface area contributed by atoms with E-state index in [1.807, 2.05) is 4.90 Å². The van der Waals surface area contributed by atoms with Crippen molar-refractivity contribution in [1.29, 1.82) is 0 Å². The normalized spacial score (nSPS) is 22.2. The Morgan fingerprint density at radius 1 is 1.15 bits per heavy atom. The van der Waals surface area contributed by atoms with Gasteiger partial charge in [0.15, 0.2) is 11.5 Å². The Hall–Kier alpha value is -4.05. The van der Waals surface area contributed by atoms with Crippen molar-refractivity contribution in [3.05, 3.63) is 57.8 Å². The van der Waals surface area contributed by atoms with Crippen LogP contribution in [0.2, 0.25) is 0 Å². The van der Waals surface area contributed by atoms with Gasteiger partial charge in [-0.3, -0.25) is 14.4 Å². The Morgan fingerprint density at radius 3 is 2.65 bits per heavy atom. The van der Waals surface area contributed by atoms with E-state index >= 15 is 0 Å². The summed E-state index contributed by atoms with van der Waals surface area (Å²) >= 11 is 0. The Morgan fingerprint density at radius 2 is 1.94 bits per heavy atom. The first-order chi connectivity index (χ1) is 22.8. The Kier molecular flexibility index (Phi) is 9.48. The Bertz CT molecular complexity index is 1650. The molecule has 0 radical (unpaired) electrons. The van der Waals surface area contributed by atoms with Crippen molar-refractivity contribution < 1.29 is 36.2 Å². The van der Waals surface area contributed by atoms with Gasteiger partial charge in [-0.2, -0.15) is 28.2 Å². The number of halogens is 5. The van der Waals surface area contributed by atoms with E-state index in [0.717, 1.165) is 30.8 Å². The number of carbonyl (C=O) groups excluding carboxylic acids is 1. The lowest BCUT2D eigenvalue weighted by Gasteiger charge is -2.31. The van der Waals surface area contributed by atoms with Crippen molar-refractivity contribution >= 4 is 17.4 Å². The zero-order valence-corrected chi connectivity index (χ0v) is 27.1. The van der Waals surface area contributed by atoms with Crippen LogP contribution in [0.1, 0.15) is 70.4 Å². The summed E-state index contributed by atoms with van der Waals surface area (Å²) in [5.41, 5.74) is 5.51. The van der Waals surface area contributed by atoms with E-state index < -0.39 is 41.1 Å². The first kappa shape index (κ1) is 33.8. The van der Waals surface area contributed by atoms with Crippen LogP contribution in [-0.4, -0.2) is 88.5 Å². The summed E-state index contributed by atoms with van der Waals surface area (Å²) in [5.74, 6) is -0.882. The van der Waals surface area contributed by atoms with Crippen LogP contribution in [0.15, 0.2) is 18.2 Å². The number of alkyl halides is 4. The molecule has 0 spiro atoms. The molecule has 4 aliphatic rings. The van der Waals surface area contributed by atoms with Gasteiger partial charge in [-0.25, -0.2) is 8.78 Å². The maximum atomic E-state index is 15.0. The molecule has 1 amide bonds. The highest BCUT2D eigenvalue weighted by molar-refractivity contribution is 5.92. The van der Waals surface area contributed by atoms with Crippen molar-refractivity contribution in [2.24, 2.45) is 0 Å². The molecule has 260 valence electrons. The lowest BCUT2D eigenvalue weighted by atomic mass is 9.94. The van der Waals surface area contributed by atoms with Crippen molar-refractivity contribution in [2.45, 2.75) is 76.3 Å².